The Bertz CT molecular complexity index is 386. The predicted octanol–water partition coefficient (Wildman–Crippen LogP) is 2.72. The minimum absolute atomic E-state index is 0.138. The number of rotatable bonds is 3. The van der Waals surface area contributed by atoms with E-state index in [2.05, 4.69) is 4.74 Å². The molecule has 1 amide bonds. The van der Waals surface area contributed by atoms with E-state index >= 15 is 0 Å². The minimum Gasteiger partial charge on any atom is -0.469 e. The van der Waals surface area contributed by atoms with Gasteiger partial charge in [0.05, 0.1) is 12.8 Å². The Balaban J connectivity index is 2.45. The summed E-state index contributed by atoms with van der Waals surface area (Å²) in [4.78, 5) is 12.2. The fraction of sp³-hybridized carbons (Fsp3) is 0.500. The van der Waals surface area contributed by atoms with E-state index in [1.807, 2.05) is 0 Å². The smallest absolute Gasteiger partial charge is 0.422 e. The molecule has 1 aromatic rings. The fourth-order valence-corrected chi connectivity index (χ4v) is 1.15. The van der Waals surface area contributed by atoms with Crippen LogP contribution in [0.15, 0.2) is 16.7 Å². The van der Waals surface area contributed by atoms with Crippen molar-refractivity contribution in [3.63, 3.8) is 0 Å². The molecule has 1 aromatic heterocycles. The number of aryl methyl sites for hydroxylation is 1. The second kappa shape index (κ2) is 5.11. The van der Waals surface area contributed by atoms with Crippen LogP contribution in [-0.4, -0.2) is 30.8 Å². The van der Waals surface area contributed by atoms with Crippen LogP contribution >= 0.6 is 0 Å². The lowest BCUT2D eigenvalue weighted by molar-refractivity contribution is -0.162. The van der Waals surface area contributed by atoms with Crippen molar-refractivity contribution in [2.45, 2.75) is 19.6 Å². The van der Waals surface area contributed by atoms with E-state index in [0.717, 1.165) is 10.5 Å². The Morgan fingerprint density at radius 2 is 2.18 bits per heavy atom. The zero-order valence-electron chi connectivity index (χ0n) is 9.37. The quantitative estimate of drug-likeness (QED) is 0.829. The van der Waals surface area contributed by atoms with Crippen LogP contribution in [0.1, 0.15) is 11.3 Å². The largest absolute Gasteiger partial charge is 0.469 e. The molecule has 0 radical (unpaired) electrons. The first-order valence-electron chi connectivity index (χ1n) is 4.77. The van der Waals surface area contributed by atoms with Crippen molar-refractivity contribution in [1.82, 2.24) is 4.90 Å². The molecule has 1 rings (SSSR count). The number of nitrogens with zero attached hydrogens (tertiary/aromatic N) is 1. The molecule has 0 saturated heterocycles. The topological polar surface area (TPSA) is 42.7 Å². The van der Waals surface area contributed by atoms with Crippen LogP contribution < -0.4 is 0 Å². The molecule has 17 heavy (non-hydrogen) atoms. The van der Waals surface area contributed by atoms with Crippen molar-refractivity contribution < 1.29 is 27.1 Å². The standard InChI is InChI=1S/C10H12F3NO3/c1-7-8(3-4-16-7)5-14(2)9(15)17-6-10(11,12)13/h3-4H,5-6H2,1-2H3. The van der Waals surface area contributed by atoms with Gasteiger partial charge >= 0.3 is 12.3 Å². The number of carbonyl (C=O) groups is 1. The summed E-state index contributed by atoms with van der Waals surface area (Å²) in [5.74, 6) is 0.612. The van der Waals surface area contributed by atoms with Crippen LogP contribution in [0.5, 0.6) is 0 Å². The number of amides is 1. The molecule has 0 atom stereocenters. The average molecular weight is 251 g/mol. The Hall–Kier alpha value is -1.66. The molecule has 96 valence electrons. The summed E-state index contributed by atoms with van der Waals surface area (Å²) in [5, 5.41) is 0. The SMILES string of the molecule is Cc1occc1CN(C)C(=O)OCC(F)(F)F. The molecule has 1 heterocycles. The summed E-state index contributed by atoms with van der Waals surface area (Å²) in [6, 6.07) is 1.64. The maximum atomic E-state index is 11.8. The van der Waals surface area contributed by atoms with Crippen molar-refractivity contribution >= 4 is 6.09 Å². The fourth-order valence-electron chi connectivity index (χ4n) is 1.15. The van der Waals surface area contributed by atoms with Crippen molar-refractivity contribution in [2.75, 3.05) is 13.7 Å². The molecule has 0 aliphatic rings. The Kier molecular flexibility index (Phi) is 4.03. The number of hydrogen-bond donors (Lipinski definition) is 0. The van der Waals surface area contributed by atoms with E-state index in [1.54, 1.807) is 13.0 Å². The van der Waals surface area contributed by atoms with E-state index in [4.69, 9.17) is 4.42 Å². The second-order valence-corrected chi connectivity index (χ2v) is 3.53. The third-order valence-corrected chi connectivity index (χ3v) is 2.04. The number of furan rings is 1. The summed E-state index contributed by atoms with van der Waals surface area (Å²) in [5.41, 5.74) is 0.719. The lowest BCUT2D eigenvalue weighted by Crippen LogP contribution is -2.30. The third kappa shape index (κ3) is 4.38. The Morgan fingerprint density at radius 1 is 1.53 bits per heavy atom. The van der Waals surface area contributed by atoms with Gasteiger partial charge in [-0.05, 0) is 13.0 Å². The van der Waals surface area contributed by atoms with Crippen molar-refractivity contribution in [2.24, 2.45) is 0 Å². The van der Waals surface area contributed by atoms with Crippen LogP contribution in [0.3, 0.4) is 0 Å². The molecule has 0 spiro atoms. The highest BCUT2D eigenvalue weighted by atomic mass is 19.4. The summed E-state index contributed by atoms with van der Waals surface area (Å²) >= 11 is 0. The molecule has 0 aliphatic carbocycles. The van der Waals surface area contributed by atoms with Crippen LogP contribution in [0.25, 0.3) is 0 Å². The molecule has 0 aliphatic heterocycles. The predicted molar refractivity (Wildman–Crippen MR) is 52.3 cm³/mol. The van der Waals surface area contributed by atoms with Crippen molar-refractivity contribution in [3.8, 4) is 0 Å². The van der Waals surface area contributed by atoms with Gasteiger partial charge in [-0.25, -0.2) is 4.79 Å². The third-order valence-electron chi connectivity index (χ3n) is 2.04. The van der Waals surface area contributed by atoms with Crippen LogP contribution in [-0.2, 0) is 11.3 Å². The van der Waals surface area contributed by atoms with Gasteiger partial charge in [-0.15, -0.1) is 0 Å². The number of ether oxygens (including phenoxy) is 1. The molecular weight excluding hydrogens is 239 g/mol. The first kappa shape index (κ1) is 13.4. The van der Waals surface area contributed by atoms with E-state index in [1.165, 1.54) is 13.3 Å². The maximum Gasteiger partial charge on any atom is 0.422 e. The van der Waals surface area contributed by atoms with Gasteiger partial charge in [0, 0.05) is 12.6 Å². The highest BCUT2D eigenvalue weighted by Gasteiger charge is 2.30. The number of alkyl halides is 3. The number of hydrogen-bond acceptors (Lipinski definition) is 3. The lowest BCUT2D eigenvalue weighted by Gasteiger charge is -2.17. The van der Waals surface area contributed by atoms with Gasteiger partial charge in [-0.1, -0.05) is 0 Å². The molecule has 0 unspecified atom stereocenters. The Morgan fingerprint density at radius 3 is 2.65 bits per heavy atom. The summed E-state index contributed by atoms with van der Waals surface area (Å²) in [6.07, 6.45) is -4.09. The van der Waals surface area contributed by atoms with E-state index < -0.39 is 18.9 Å². The zero-order chi connectivity index (χ0) is 13.1. The van der Waals surface area contributed by atoms with E-state index in [9.17, 15) is 18.0 Å². The van der Waals surface area contributed by atoms with Gasteiger partial charge in [-0.3, -0.25) is 0 Å². The maximum absolute atomic E-state index is 11.8. The zero-order valence-corrected chi connectivity index (χ0v) is 9.37. The molecule has 0 N–H and O–H groups in total. The highest BCUT2D eigenvalue weighted by molar-refractivity contribution is 5.67. The number of halogens is 3. The molecule has 4 nitrogen and oxygen atoms in total. The summed E-state index contributed by atoms with van der Waals surface area (Å²) < 4.78 is 44.5. The van der Waals surface area contributed by atoms with Crippen molar-refractivity contribution in [3.05, 3.63) is 23.7 Å². The van der Waals surface area contributed by atoms with Gasteiger partial charge in [0.2, 0.25) is 0 Å². The molecular formula is C10H12F3NO3. The molecule has 0 saturated carbocycles. The summed E-state index contributed by atoms with van der Waals surface area (Å²) in [7, 11) is 1.35. The molecule has 0 aromatic carbocycles. The normalized spacial score (nSPS) is 11.4. The monoisotopic (exact) mass is 251 g/mol. The van der Waals surface area contributed by atoms with Crippen LogP contribution in [0, 0.1) is 6.92 Å². The van der Waals surface area contributed by atoms with Crippen molar-refractivity contribution in [1.29, 1.82) is 0 Å². The van der Waals surface area contributed by atoms with E-state index in [-0.39, 0.29) is 6.54 Å². The first-order chi connectivity index (χ1) is 7.79. The highest BCUT2D eigenvalue weighted by Crippen LogP contribution is 2.16. The van der Waals surface area contributed by atoms with Crippen LogP contribution in [0.4, 0.5) is 18.0 Å². The number of carbonyl (C=O) groups excluding carboxylic acids is 1. The average Bonchev–Trinajstić information content (AvgIpc) is 2.59. The lowest BCUT2D eigenvalue weighted by atomic mass is 10.2. The van der Waals surface area contributed by atoms with Gasteiger partial charge in [0.25, 0.3) is 0 Å². The van der Waals surface area contributed by atoms with Gasteiger partial charge < -0.3 is 14.1 Å². The van der Waals surface area contributed by atoms with Gasteiger partial charge in [0.15, 0.2) is 6.61 Å². The van der Waals surface area contributed by atoms with Crippen LogP contribution in [0.2, 0.25) is 0 Å². The Labute approximate surface area is 95.9 Å². The van der Waals surface area contributed by atoms with Gasteiger partial charge in [0.1, 0.15) is 5.76 Å². The van der Waals surface area contributed by atoms with E-state index in [0.29, 0.717) is 5.76 Å². The summed E-state index contributed by atoms with van der Waals surface area (Å²) in [6.45, 7) is 0.254. The first-order valence-corrected chi connectivity index (χ1v) is 4.77. The molecule has 7 heteroatoms. The minimum atomic E-state index is -4.51. The molecule has 0 bridgehead atoms. The second-order valence-electron chi connectivity index (χ2n) is 3.53. The molecule has 0 fully saturated rings. The van der Waals surface area contributed by atoms with Gasteiger partial charge in [-0.2, -0.15) is 13.2 Å².